The van der Waals surface area contributed by atoms with Crippen molar-refractivity contribution in [2.75, 3.05) is 13.1 Å². The zero-order valence-electron chi connectivity index (χ0n) is 15.1. The van der Waals surface area contributed by atoms with Crippen molar-refractivity contribution in [1.29, 1.82) is 0 Å². The van der Waals surface area contributed by atoms with Gasteiger partial charge < -0.3 is 10.2 Å². The summed E-state index contributed by atoms with van der Waals surface area (Å²) in [7, 11) is 0. The van der Waals surface area contributed by atoms with Crippen molar-refractivity contribution in [2.45, 2.75) is 37.8 Å². The number of aliphatic hydroxyl groups excluding tert-OH is 1. The Morgan fingerprint density at radius 1 is 1.04 bits per heavy atom. The summed E-state index contributed by atoms with van der Waals surface area (Å²) in [6.45, 7) is 1.48. The highest BCUT2D eigenvalue weighted by molar-refractivity contribution is 5.97. The smallest absolute Gasteiger partial charge is 0.166 e. The van der Waals surface area contributed by atoms with Crippen molar-refractivity contribution in [3.05, 3.63) is 65.0 Å². The number of likely N-dealkylation sites (tertiary alicyclic amines) is 1. The minimum Gasteiger partial charge on any atom is -0.508 e. The fraction of sp³-hybridized carbons (Fsp3) is 0.409. The van der Waals surface area contributed by atoms with E-state index in [0.29, 0.717) is 24.2 Å². The molecule has 0 amide bonds. The molecule has 2 N–H and O–H groups in total. The van der Waals surface area contributed by atoms with Gasteiger partial charge in [-0.2, -0.15) is 0 Å². The van der Waals surface area contributed by atoms with E-state index in [9.17, 15) is 19.4 Å². The second kappa shape index (κ2) is 7.41. The van der Waals surface area contributed by atoms with E-state index < -0.39 is 6.10 Å². The first-order valence-corrected chi connectivity index (χ1v) is 9.54. The van der Waals surface area contributed by atoms with E-state index in [-0.39, 0.29) is 23.6 Å². The van der Waals surface area contributed by atoms with Gasteiger partial charge in [-0.1, -0.05) is 12.1 Å². The minimum absolute atomic E-state index is 0.0346. The molecule has 5 heteroatoms. The summed E-state index contributed by atoms with van der Waals surface area (Å²) in [4.78, 5) is 14.9. The fourth-order valence-corrected chi connectivity index (χ4v) is 4.47. The average molecular weight is 369 g/mol. The molecule has 0 bridgehead atoms. The van der Waals surface area contributed by atoms with Crippen LogP contribution in [0.25, 0.3) is 0 Å². The van der Waals surface area contributed by atoms with Gasteiger partial charge in [0.05, 0.1) is 6.10 Å². The first-order valence-electron chi connectivity index (χ1n) is 9.54. The maximum absolute atomic E-state index is 13.1. The number of aromatic hydroxyl groups is 1. The lowest BCUT2D eigenvalue weighted by Crippen LogP contribution is -2.51. The molecule has 1 heterocycles. The molecule has 0 unspecified atom stereocenters. The van der Waals surface area contributed by atoms with E-state index in [1.54, 1.807) is 18.2 Å². The zero-order chi connectivity index (χ0) is 19.0. The maximum Gasteiger partial charge on any atom is 0.166 e. The lowest BCUT2D eigenvalue weighted by molar-refractivity contribution is 0.0236. The summed E-state index contributed by atoms with van der Waals surface area (Å²) in [6, 6.07) is 11.2. The van der Waals surface area contributed by atoms with E-state index in [2.05, 4.69) is 4.90 Å². The second-order valence-corrected chi connectivity index (χ2v) is 7.64. The molecule has 142 valence electrons. The highest BCUT2D eigenvalue weighted by atomic mass is 19.1. The number of phenols is 1. The number of halogens is 1. The van der Waals surface area contributed by atoms with E-state index in [4.69, 9.17) is 0 Å². The van der Waals surface area contributed by atoms with Crippen LogP contribution in [0.3, 0.4) is 0 Å². The van der Waals surface area contributed by atoms with Crippen molar-refractivity contribution in [3.8, 4) is 5.75 Å². The SMILES string of the molecule is O=C(c1ccc(F)cc1)C1CCN([C@H]2Cc3c(O)cccc3C[C@@H]2O)CC1. The van der Waals surface area contributed by atoms with Crippen LogP contribution >= 0.6 is 0 Å². The van der Waals surface area contributed by atoms with Crippen LogP contribution in [0.4, 0.5) is 4.39 Å². The summed E-state index contributed by atoms with van der Waals surface area (Å²) < 4.78 is 13.1. The van der Waals surface area contributed by atoms with Gasteiger partial charge in [0.25, 0.3) is 0 Å². The normalized spacial score (nSPS) is 23.8. The highest BCUT2D eigenvalue weighted by Crippen LogP contribution is 2.33. The van der Waals surface area contributed by atoms with Crippen molar-refractivity contribution in [2.24, 2.45) is 5.92 Å². The molecule has 2 aromatic carbocycles. The standard InChI is InChI=1S/C22H24FNO3/c23-17-6-4-14(5-7-17)22(27)15-8-10-24(11-9-15)19-13-18-16(12-21(19)26)2-1-3-20(18)25/h1-7,15,19,21,25-26H,8-13H2/t19-,21-/m0/s1. The maximum atomic E-state index is 13.1. The summed E-state index contributed by atoms with van der Waals surface area (Å²) in [6.07, 6.45) is 2.16. The Labute approximate surface area is 158 Å². The van der Waals surface area contributed by atoms with E-state index in [1.165, 1.54) is 12.1 Å². The number of carbonyl (C=O) groups excluding carboxylic acids is 1. The number of rotatable bonds is 3. The average Bonchev–Trinajstić information content (AvgIpc) is 2.68. The molecular weight excluding hydrogens is 345 g/mol. The van der Waals surface area contributed by atoms with Crippen LogP contribution in [0.15, 0.2) is 42.5 Å². The second-order valence-electron chi connectivity index (χ2n) is 7.64. The van der Waals surface area contributed by atoms with E-state index in [0.717, 1.165) is 37.1 Å². The number of phenolic OH excluding ortho intramolecular Hbond substituents is 1. The number of hydrogen-bond acceptors (Lipinski definition) is 4. The van der Waals surface area contributed by atoms with Crippen LogP contribution in [-0.4, -0.2) is 46.1 Å². The molecule has 0 saturated carbocycles. The summed E-state index contributed by atoms with van der Waals surface area (Å²) in [5, 5.41) is 20.8. The number of hydrogen-bond donors (Lipinski definition) is 2. The van der Waals surface area contributed by atoms with Crippen LogP contribution in [-0.2, 0) is 12.8 Å². The highest BCUT2D eigenvalue weighted by Gasteiger charge is 2.35. The molecular formula is C22H24FNO3. The number of aliphatic hydroxyl groups is 1. The zero-order valence-corrected chi connectivity index (χ0v) is 15.1. The monoisotopic (exact) mass is 369 g/mol. The molecule has 1 fully saturated rings. The van der Waals surface area contributed by atoms with Gasteiger partial charge in [-0.05, 0) is 73.8 Å². The number of carbonyl (C=O) groups is 1. The number of ketones is 1. The van der Waals surface area contributed by atoms with Crippen LogP contribution in [0.1, 0.15) is 34.3 Å². The van der Waals surface area contributed by atoms with Gasteiger partial charge in [-0.3, -0.25) is 9.69 Å². The molecule has 1 aliphatic carbocycles. The Balaban J connectivity index is 1.41. The molecule has 1 saturated heterocycles. The molecule has 4 nitrogen and oxygen atoms in total. The first-order chi connectivity index (χ1) is 13.0. The van der Waals surface area contributed by atoms with Crippen LogP contribution in [0.5, 0.6) is 5.75 Å². The molecule has 1 aliphatic heterocycles. The Hall–Kier alpha value is -2.24. The number of piperidine rings is 1. The van der Waals surface area contributed by atoms with Crippen LogP contribution in [0.2, 0.25) is 0 Å². The van der Waals surface area contributed by atoms with Crippen molar-refractivity contribution >= 4 is 5.78 Å². The van der Waals surface area contributed by atoms with Gasteiger partial charge in [-0.25, -0.2) is 4.39 Å². The topological polar surface area (TPSA) is 60.8 Å². The molecule has 0 spiro atoms. The molecule has 4 rings (SSSR count). The quantitative estimate of drug-likeness (QED) is 0.817. The molecule has 0 radical (unpaired) electrons. The lowest BCUT2D eigenvalue weighted by Gasteiger charge is -2.42. The Morgan fingerprint density at radius 2 is 1.74 bits per heavy atom. The molecule has 27 heavy (non-hydrogen) atoms. The number of nitrogens with zero attached hydrogens (tertiary/aromatic N) is 1. The summed E-state index contributed by atoms with van der Waals surface area (Å²) in [5.41, 5.74) is 2.50. The van der Waals surface area contributed by atoms with Gasteiger partial charge >= 0.3 is 0 Å². The number of benzene rings is 2. The van der Waals surface area contributed by atoms with Crippen LogP contribution in [0, 0.1) is 11.7 Å². The van der Waals surface area contributed by atoms with E-state index in [1.807, 2.05) is 12.1 Å². The predicted molar refractivity (Wildman–Crippen MR) is 100 cm³/mol. The number of fused-ring (bicyclic) bond motifs is 1. The first kappa shape index (κ1) is 18.1. The van der Waals surface area contributed by atoms with Gasteiger partial charge in [0.1, 0.15) is 11.6 Å². The minimum atomic E-state index is -0.469. The molecule has 0 aromatic heterocycles. The summed E-state index contributed by atoms with van der Waals surface area (Å²) >= 11 is 0. The third-order valence-corrected chi connectivity index (χ3v) is 6.03. The van der Waals surface area contributed by atoms with Crippen molar-refractivity contribution < 1.29 is 19.4 Å². The summed E-state index contributed by atoms with van der Waals surface area (Å²) in [5.74, 6) is -0.0306. The molecule has 2 atom stereocenters. The van der Waals surface area contributed by atoms with Crippen molar-refractivity contribution in [3.63, 3.8) is 0 Å². The van der Waals surface area contributed by atoms with Crippen molar-refractivity contribution in [1.82, 2.24) is 4.90 Å². The predicted octanol–water partition coefficient (Wildman–Crippen LogP) is 2.95. The molecule has 2 aromatic rings. The van der Waals surface area contributed by atoms with Gasteiger partial charge in [0.15, 0.2) is 5.78 Å². The lowest BCUT2D eigenvalue weighted by atomic mass is 9.82. The third-order valence-electron chi connectivity index (χ3n) is 6.03. The van der Waals surface area contributed by atoms with E-state index >= 15 is 0 Å². The Morgan fingerprint density at radius 3 is 2.44 bits per heavy atom. The Bertz CT molecular complexity index is 828. The van der Waals surface area contributed by atoms with Gasteiger partial charge in [-0.15, -0.1) is 0 Å². The Kier molecular flexibility index (Phi) is 4.98. The van der Waals surface area contributed by atoms with Gasteiger partial charge in [0, 0.05) is 23.9 Å². The third kappa shape index (κ3) is 3.62. The number of Topliss-reactive ketones (excluding diaryl/α,β-unsaturated/α-hetero) is 1. The molecule has 2 aliphatic rings. The largest absolute Gasteiger partial charge is 0.508 e. The van der Waals surface area contributed by atoms with Crippen LogP contribution < -0.4 is 0 Å². The fourth-order valence-electron chi connectivity index (χ4n) is 4.47. The van der Waals surface area contributed by atoms with Gasteiger partial charge in [0.2, 0.25) is 0 Å².